The van der Waals surface area contributed by atoms with Gasteiger partial charge in [0.1, 0.15) is 6.61 Å². The molecule has 0 spiro atoms. The van der Waals surface area contributed by atoms with Crippen LogP contribution in [0.25, 0.3) is 0 Å². The fourth-order valence-corrected chi connectivity index (χ4v) is 1.92. The van der Waals surface area contributed by atoms with Crippen LogP contribution in [0.4, 0.5) is 13.2 Å². The highest BCUT2D eigenvalue weighted by atomic mass is 19.4. The fraction of sp³-hybridized carbons (Fsp3) is 0.750. The van der Waals surface area contributed by atoms with Gasteiger partial charge in [-0.15, -0.1) is 0 Å². The lowest BCUT2D eigenvalue weighted by molar-refractivity contribution is -0.187. The standard InChI is InChI=1S/C12H17F3N2O5/c13-12(14,15)11(21)17-5-3-16(4-6-17)7-8-22-10(20)2-1-9(18)19/h1-8H2,(H,18,19). The lowest BCUT2D eigenvalue weighted by Crippen LogP contribution is -2.52. The first-order valence-electron chi connectivity index (χ1n) is 6.66. The monoisotopic (exact) mass is 326 g/mol. The Kier molecular flexibility index (Phi) is 6.60. The third-order valence-corrected chi connectivity index (χ3v) is 3.12. The number of esters is 1. The number of rotatable bonds is 6. The van der Waals surface area contributed by atoms with Crippen LogP contribution < -0.4 is 0 Å². The highest BCUT2D eigenvalue weighted by Crippen LogP contribution is 2.19. The molecule has 0 unspecified atom stereocenters. The molecule has 0 aromatic carbocycles. The highest BCUT2D eigenvalue weighted by molar-refractivity contribution is 5.82. The summed E-state index contributed by atoms with van der Waals surface area (Å²) in [7, 11) is 0. The van der Waals surface area contributed by atoms with Gasteiger partial charge in [0, 0.05) is 32.7 Å². The van der Waals surface area contributed by atoms with Gasteiger partial charge in [0.05, 0.1) is 12.8 Å². The first kappa shape index (κ1) is 18.2. The van der Waals surface area contributed by atoms with E-state index in [0.29, 0.717) is 6.54 Å². The van der Waals surface area contributed by atoms with Crippen LogP contribution in [0.3, 0.4) is 0 Å². The molecule has 0 aromatic rings. The first-order valence-corrected chi connectivity index (χ1v) is 6.66. The van der Waals surface area contributed by atoms with Crippen molar-refractivity contribution in [3.63, 3.8) is 0 Å². The lowest BCUT2D eigenvalue weighted by atomic mass is 10.3. The van der Waals surface area contributed by atoms with Crippen LogP contribution >= 0.6 is 0 Å². The average molecular weight is 326 g/mol. The van der Waals surface area contributed by atoms with Gasteiger partial charge < -0.3 is 14.7 Å². The largest absolute Gasteiger partial charge is 0.481 e. The van der Waals surface area contributed by atoms with E-state index in [1.807, 2.05) is 0 Å². The second-order valence-corrected chi connectivity index (χ2v) is 4.75. The van der Waals surface area contributed by atoms with E-state index in [1.165, 1.54) is 0 Å². The summed E-state index contributed by atoms with van der Waals surface area (Å²) in [6.45, 7) is 0.804. The Morgan fingerprint density at radius 1 is 1.05 bits per heavy atom. The van der Waals surface area contributed by atoms with Crippen molar-refractivity contribution in [1.82, 2.24) is 9.80 Å². The van der Waals surface area contributed by atoms with Gasteiger partial charge in [-0.1, -0.05) is 0 Å². The van der Waals surface area contributed by atoms with Gasteiger partial charge in [0.2, 0.25) is 0 Å². The van der Waals surface area contributed by atoms with Gasteiger partial charge in [-0.05, 0) is 0 Å². The summed E-state index contributed by atoms with van der Waals surface area (Å²) in [5, 5.41) is 8.39. The van der Waals surface area contributed by atoms with Crippen LogP contribution in [0.1, 0.15) is 12.8 Å². The number of carbonyl (C=O) groups excluding carboxylic acids is 2. The normalized spacial score (nSPS) is 16.4. The van der Waals surface area contributed by atoms with Gasteiger partial charge >= 0.3 is 24.0 Å². The Morgan fingerprint density at radius 3 is 2.14 bits per heavy atom. The van der Waals surface area contributed by atoms with Crippen molar-refractivity contribution in [3.05, 3.63) is 0 Å². The number of halogens is 3. The number of ether oxygens (including phenoxy) is 1. The van der Waals surface area contributed by atoms with Gasteiger partial charge in [-0.25, -0.2) is 0 Å². The Balaban J connectivity index is 2.20. The topological polar surface area (TPSA) is 87.1 Å². The quantitative estimate of drug-likeness (QED) is 0.697. The Hall–Kier alpha value is -1.84. The molecule has 0 radical (unpaired) electrons. The predicted octanol–water partition coefficient (Wildman–Crippen LogP) is 0.101. The van der Waals surface area contributed by atoms with Gasteiger partial charge in [0.25, 0.3) is 0 Å². The maximum atomic E-state index is 12.2. The predicted molar refractivity (Wildman–Crippen MR) is 66.9 cm³/mol. The molecule has 7 nitrogen and oxygen atoms in total. The number of hydrogen-bond acceptors (Lipinski definition) is 5. The molecule has 1 amide bonds. The third-order valence-electron chi connectivity index (χ3n) is 3.12. The van der Waals surface area contributed by atoms with Crippen LogP contribution in [0.15, 0.2) is 0 Å². The SMILES string of the molecule is O=C(O)CCC(=O)OCCN1CCN(C(=O)C(F)(F)F)CC1. The molecule has 0 saturated carbocycles. The average Bonchev–Trinajstić information content (AvgIpc) is 2.44. The van der Waals surface area contributed by atoms with Gasteiger partial charge in [-0.2, -0.15) is 13.2 Å². The summed E-state index contributed by atoms with van der Waals surface area (Å²) < 4.78 is 41.6. The summed E-state index contributed by atoms with van der Waals surface area (Å²) in [6, 6.07) is 0. The number of hydrogen-bond donors (Lipinski definition) is 1. The molecular formula is C12H17F3N2O5. The third kappa shape index (κ3) is 6.29. The van der Waals surface area contributed by atoms with Crippen molar-refractivity contribution >= 4 is 17.8 Å². The number of carboxylic acids is 1. The summed E-state index contributed by atoms with van der Waals surface area (Å²) in [5.74, 6) is -3.57. The second kappa shape index (κ2) is 7.97. The summed E-state index contributed by atoms with van der Waals surface area (Å²) in [6.07, 6.45) is -5.39. The van der Waals surface area contributed by atoms with E-state index < -0.39 is 24.0 Å². The van der Waals surface area contributed by atoms with Gasteiger partial charge in [-0.3, -0.25) is 19.3 Å². The molecule has 1 aliphatic rings. The molecule has 126 valence electrons. The Morgan fingerprint density at radius 2 is 1.64 bits per heavy atom. The number of amides is 1. The molecule has 1 N–H and O–H groups in total. The van der Waals surface area contributed by atoms with E-state index in [-0.39, 0.29) is 45.6 Å². The van der Waals surface area contributed by atoms with E-state index in [9.17, 15) is 27.6 Å². The van der Waals surface area contributed by atoms with Gasteiger partial charge in [0.15, 0.2) is 0 Å². The minimum absolute atomic E-state index is 0.0334. The number of nitrogens with zero attached hydrogens (tertiary/aromatic N) is 2. The number of carboxylic acid groups (broad SMARTS) is 1. The maximum absolute atomic E-state index is 12.2. The smallest absolute Gasteiger partial charge is 0.471 e. The number of piperazine rings is 1. The van der Waals surface area contributed by atoms with E-state index in [0.717, 1.165) is 4.90 Å². The van der Waals surface area contributed by atoms with Crippen molar-refractivity contribution < 1.29 is 37.4 Å². The second-order valence-electron chi connectivity index (χ2n) is 4.75. The molecule has 22 heavy (non-hydrogen) atoms. The van der Waals surface area contributed by atoms with Crippen LogP contribution in [-0.4, -0.2) is 78.3 Å². The van der Waals surface area contributed by atoms with E-state index in [2.05, 4.69) is 0 Å². The molecule has 1 aliphatic heterocycles. The first-order chi connectivity index (χ1) is 10.2. The summed E-state index contributed by atoms with van der Waals surface area (Å²) >= 11 is 0. The lowest BCUT2D eigenvalue weighted by Gasteiger charge is -2.34. The van der Waals surface area contributed by atoms with Crippen molar-refractivity contribution in [1.29, 1.82) is 0 Å². The molecule has 0 aromatic heterocycles. The molecule has 0 atom stereocenters. The Bertz CT molecular complexity index is 419. The van der Waals surface area contributed by atoms with Crippen molar-refractivity contribution in [2.45, 2.75) is 19.0 Å². The van der Waals surface area contributed by atoms with Crippen molar-refractivity contribution in [3.8, 4) is 0 Å². The minimum atomic E-state index is -4.86. The van der Waals surface area contributed by atoms with Crippen molar-refractivity contribution in [2.24, 2.45) is 0 Å². The molecule has 1 heterocycles. The van der Waals surface area contributed by atoms with E-state index in [1.54, 1.807) is 4.90 Å². The van der Waals surface area contributed by atoms with Crippen LogP contribution in [0, 0.1) is 0 Å². The summed E-state index contributed by atoms with van der Waals surface area (Å²) in [4.78, 5) is 34.9. The highest BCUT2D eigenvalue weighted by Gasteiger charge is 2.43. The molecule has 0 bridgehead atoms. The zero-order valence-electron chi connectivity index (χ0n) is 11.8. The number of alkyl halides is 3. The zero-order valence-corrected chi connectivity index (χ0v) is 11.8. The number of aliphatic carboxylic acids is 1. The minimum Gasteiger partial charge on any atom is -0.481 e. The Labute approximate surface area is 124 Å². The molecule has 1 fully saturated rings. The zero-order chi connectivity index (χ0) is 16.8. The van der Waals surface area contributed by atoms with E-state index >= 15 is 0 Å². The van der Waals surface area contributed by atoms with Crippen LogP contribution in [0.2, 0.25) is 0 Å². The maximum Gasteiger partial charge on any atom is 0.471 e. The van der Waals surface area contributed by atoms with Crippen LogP contribution in [0.5, 0.6) is 0 Å². The molecular weight excluding hydrogens is 309 g/mol. The van der Waals surface area contributed by atoms with Crippen molar-refractivity contribution in [2.75, 3.05) is 39.3 Å². The van der Waals surface area contributed by atoms with Crippen LogP contribution in [-0.2, 0) is 19.1 Å². The van der Waals surface area contributed by atoms with E-state index in [4.69, 9.17) is 9.84 Å². The fourth-order valence-electron chi connectivity index (χ4n) is 1.92. The molecule has 1 rings (SSSR count). The molecule has 1 saturated heterocycles. The molecule has 0 aliphatic carbocycles. The summed E-state index contributed by atoms with van der Waals surface area (Å²) in [5.41, 5.74) is 0. The number of carbonyl (C=O) groups is 3. The molecule has 10 heteroatoms.